The molecular weight excluding hydrogens is 520 g/mol. The Hall–Kier alpha value is -2.13. The van der Waals surface area contributed by atoms with Crippen molar-refractivity contribution in [1.29, 1.82) is 0 Å². The molecule has 182 valence electrons. The Morgan fingerprint density at radius 2 is 1.94 bits per heavy atom. The number of carbonyl (C=O) groups is 2. The van der Waals surface area contributed by atoms with Gasteiger partial charge in [0.05, 0.1) is 5.69 Å². The van der Waals surface area contributed by atoms with Crippen LogP contribution in [0, 0.1) is 11.8 Å². The van der Waals surface area contributed by atoms with Gasteiger partial charge in [0.25, 0.3) is 11.6 Å². The van der Waals surface area contributed by atoms with E-state index >= 15 is 0 Å². The number of piperidine rings is 1. The molecule has 2 heterocycles. The van der Waals surface area contributed by atoms with Gasteiger partial charge in [-0.1, -0.05) is 41.4 Å². The first kappa shape index (κ1) is 25.0. The maximum absolute atomic E-state index is 13.6. The van der Waals surface area contributed by atoms with Crippen LogP contribution in [0.5, 0.6) is 0 Å². The Bertz CT molecular complexity index is 1060. The molecular formula is C25H30BrClN4O3. The fourth-order valence-corrected chi connectivity index (χ4v) is 5.10. The van der Waals surface area contributed by atoms with Crippen molar-refractivity contribution in [2.45, 2.75) is 32.4 Å². The van der Waals surface area contributed by atoms with Crippen LogP contribution in [0.2, 0.25) is 5.02 Å². The van der Waals surface area contributed by atoms with Crippen molar-refractivity contribution >= 4 is 50.8 Å². The van der Waals surface area contributed by atoms with E-state index in [-0.39, 0.29) is 11.5 Å². The van der Waals surface area contributed by atoms with Gasteiger partial charge in [0, 0.05) is 33.8 Å². The standard InChI is InChI=1S/C25H30BrClN4O3/c1-16-9-11-30(12-10-16)15-17(2)14-28-23(32)25(34)21-13-18(26)3-8-22(21)29-24(33)31(25)20-6-4-19(27)5-7-20/h3-8,13,16-17,34H,9-12,14-15H2,1-2H3,(H,28,32)(H,29,33)/t17-,25-/m0/s1. The molecule has 1 fully saturated rings. The molecule has 3 amide bonds. The monoisotopic (exact) mass is 548 g/mol. The Balaban J connectivity index is 1.58. The topological polar surface area (TPSA) is 84.9 Å². The number of hydrogen-bond donors (Lipinski definition) is 3. The van der Waals surface area contributed by atoms with Gasteiger partial charge in [0.2, 0.25) is 0 Å². The molecule has 9 heteroatoms. The summed E-state index contributed by atoms with van der Waals surface area (Å²) in [5.41, 5.74) is -1.23. The molecule has 2 atom stereocenters. The number of fused-ring (bicyclic) bond motifs is 1. The summed E-state index contributed by atoms with van der Waals surface area (Å²) in [6, 6.07) is 10.9. The van der Waals surface area contributed by atoms with Crippen LogP contribution in [0.3, 0.4) is 0 Å². The number of hydrogen-bond acceptors (Lipinski definition) is 4. The Labute approximate surface area is 213 Å². The van der Waals surface area contributed by atoms with E-state index in [9.17, 15) is 14.7 Å². The molecule has 3 N–H and O–H groups in total. The average molecular weight is 550 g/mol. The normalized spacial score (nSPS) is 22.1. The highest BCUT2D eigenvalue weighted by molar-refractivity contribution is 9.10. The lowest BCUT2D eigenvalue weighted by molar-refractivity contribution is -0.140. The average Bonchev–Trinajstić information content (AvgIpc) is 2.81. The van der Waals surface area contributed by atoms with E-state index in [2.05, 4.69) is 45.3 Å². The highest BCUT2D eigenvalue weighted by atomic mass is 79.9. The van der Waals surface area contributed by atoms with Crippen LogP contribution in [0.15, 0.2) is 46.9 Å². The van der Waals surface area contributed by atoms with Gasteiger partial charge >= 0.3 is 6.03 Å². The summed E-state index contributed by atoms with van der Waals surface area (Å²) >= 11 is 9.44. The zero-order chi connectivity index (χ0) is 24.5. The number of likely N-dealkylation sites (tertiary alicyclic amines) is 1. The molecule has 0 spiro atoms. The fourth-order valence-electron chi connectivity index (χ4n) is 4.61. The Morgan fingerprint density at radius 1 is 1.26 bits per heavy atom. The second-order valence-electron chi connectivity index (χ2n) is 9.40. The summed E-state index contributed by atoms with van der Waals surface area (Å²) in [6.45, 7) is 7.74. The van der Waals surface area contributed by atoms with Crippen molar-refractivity contribution in [3.8, 4) is 0 Å². The molecule has 2 aromatic carbocycles. The van der Waals surface area contributed by atoms with E-state index in [1.165, 1.54) is 12.8 Å². The molecule has 2 aromatic rings. The summed E-state index contributed by atoms with van der Waals surface area (Å²) < 4.78 is 0.678. The fraction of sp³-hybridized carbons (Fsp3) is 0.440. The third-order valence-electron chi connectivity index (χ3n) is 6.58. The van der Waals surface area contributed by atoms with Crippen molar-refractivity contribution in [1.82, 2.24) is 10.2 Å². The van der Waals surface area contributed by atoms with Crippen molar-refractivity contribution in [3.05, 3.63) is 57.5 Å². The summed E-state index contributed by atoms with van der Waals surface area (Å²) in [5.74, 6) is 0.288. The van der Waals surface area contributed by atoms with Gasteiger partial charge in [0.1, 0.15) is 0 Å². The number of anilines is 2. The molecule has 0 aliphatic carbocycles. The number of amides is 3. The summed E-state index contributed by atoms with van der Waals surface area (Å²) in [4.78, 5) is 30.2. The number of benzene rings is 2. The van der Waals surface area contributed by atoms with Crippen LogP contribution in [-0.2, 0) is 10.5 Å². The van der Waals surface area contributed by atoms with Gasteiger partial charge in [-0.25, -0.2) is 4.79 Å². The molecule has 0 saturated carbocycles. The van der Waals surface area contributed by atoms with Crippen molar-refractivity contribution in [2.24, 2.45) is 11.8 Å². The predicted molar refractivity (Wildman–Crippen MR) is 138 cm³/mol. The van der Waals surface area contributed by atoms with E-state index in [1.807, 2.05) is 0 Å². The van der Waals surface area contributed by atoms with Crippen LogP contribution >= 0.6 is 27.5 Å². The largest absolute Gasteiger partial charge is 0.359 e. The zero-order valence-electron chi connectivity index (χ0n) is 19.4. The maximum atomic E-state index is 13.6. The quantitative estimate of drug-likeness (QED) is 0.484. The number of nitrogens with zero attached hydrogens (tertiary/aromatic N) is 2. The minimum atomic E-state index is -2.24. The number of urea groups is 1. The van der Waals surface area contributed by atoms with E-state index in [1.54, 1.807) is 42.5 Å². The molecule has 0 radical (unpaired) electrons. The number of carbonyl (C=O) groups excluding carboxylic acids is 2. The highest BCUT2D eigenvalue weighted by Gasteiger charge is 2.52. The lowest BCUT2D eigenvalue weighted by Crippen LogP contribution is -2.63. The minimum Gasteiger partial charge on any atom is -0.359 e. The Kier molecular flexibility index (Phi) is 7.52. The molecule has 7 nitrogen and oxygen atoms in total. The summed E-state index contributed by atoms with van der Waals surface area (Å²) in [7, 11) is 0. The van der Waals surface area contributed by atoms with Gasteiger partial charge in [-0.2, -0.15) is 0 Å². The van der Waals surface area contributed by atoms with Gasteiger partial charge in [0.15, 0.2) is 0 Å². The van der Waals surface area contributed by atoms with Crippen LogP contribution in [0.4, 0.5) is 16.2 Å². The predicted octanol–water partition coefficient (Wildman–Crippen LogP) is 4.78. The number of aliphatic hydroxyl groups is 1. The van der Waals surface area contributed by atoms with Crippen LogP contribution < -0.4 is 15.5 Å². The van der Waals surface area contributed by atoms with Gasteiger partial charge in [-0.15, -0.1) is 0 Å². The lowest BCUT2D eigenvalue weighted by Gasteiger charge is -2.43. The van der Waals surface area contributed by atoms with Crippen LogP contribution in [-0.4, -0.2) is 48.1 Å². The smallest absolute Gasteiger partial charge is 0.329 e. The molecule has 34 heavy (non-hydrogen) atoms. The van der Waals surface area contributed by atoms with E-state index in [0.717, 1.165) is 30.5 Å². The van der Waals surface area contributed by atoms with E-state index in [0.29, 0.717) is 27.4 Å². The van der Waals surface area contributed by atoms with E-state index < -0.39 is 17.7 Å². The van der Waals surface area contributed by atoms with Crippen LogP contribution in [0.25, 0.3) is 0 Å². The summed E-state index contributed by atoms with van der Waals surface area (Å²) in [5, 5.41) is 18.1. The van der Waals surface area contributed by atoms with Crippen LogP contribution in [0.1, 0.15) is 32.3 Å². The third kappa shape index (κ3) is 5.10. The number of nitrogens with one attached hydrogen (secondary N) is 2. The van der Waals surface area contributed by atoms with Gasteiger partial charge in [-0.05, 0) is 80.2 Å². The first-order valence-electron chi connectivity index (χ1n) is 11.6. The molecule has 0 bridgehead atoms. The molecule has 2 aliphatic heterocycles. The second kappa shape index (κ2) is 10.2. The van der Waals surface area contributed by atoms with Crippen molar-refractivity contribution in [3.63, 3.8) is 0 Å². The van der Waals surface area contributed by atoms with Gasteiger partial charge < -0.3 is 20.6 Å². The Morgan fingerprint density at radius 3 is 2.62 bits per heavy atom. The third-order valence-corrected chi connectivity index (χ3v) is 7.33. The molecule has 0 aromatic heterocycles. The molecule has 1 saturated heterocycles. The molecule has 4 rings (SSSR count). The lowest BCUT2D eigenvalue weighted by atomic mass is 9.94. The first-order chi connectivity index (χ1) is 16.2. The summed E-state index contributed by atoms with van der Waals surface area (Å²) in [6.07, 6.45) is 2.38. The number of rotatable bonds is 6. The highest BCUT2D eigenvalue weighted by Crippen LogP contribution is 2.41. The molecule has 0 unspecified atom stereocenters. The van der Waals surface area contributed by atoms with Gasteiger partial charge in [-0.3, -0.25) is 9.69 Å². The maximum Gasteiger partial charge on any atom is 0.329 e. The first-order valence-corrected chi connectivity index (χ1v) is 12.8. The minimum absolute atomic E-state index is 0.185. The SMILES string of the molecule is CC1CCN(C[C@@H](C)CNC(=O)[C@@]2(O)c3cc(Br)ccc3NC(=O)N2c2ccc(Cl)cc2)CC1. The second-order valence-corrected chi connectivity index (χ2v) is 10.8. The van der Waals surface area contributed by atoms with E-state index in [4.69, 9.17) is 11.6 Å². The van der Waals surface area contributed by atoms with Crippen molar-refractivity contribution < 1.29 is 14.7 Å². The zero-order valence-corrected chi connectivity index (χ0v) is 21.7. The molecule has 2 aliphatic rings. The van der Waals surface area contributed by atoms with Crippen molar-refractivity contribution in [2.75, 3.05) is 36.4 Å². The number of halogens is 2.